The number of aliphatic hydroxyl groups is 1. The fourth-order valence-electron chi connectivity index (χ4n) is 2.61. The molecule has 0 unspecified atom stereocenters. The molecule has 0 bridgehead atoms. The van der Waals surface area contributed by atoms with Gasteiger partial charge in [-0.05, 0) is 38.8 Å². The van der Waals surface area contributed by atoms with Gasteiger partial charge in [-0.25, -0.2) is 0 Å². The van der Waals surface area contributed by atoms with E-state index in [4.69, 9.17) is 0 Å². The van der Waals surface area contributed by atoms with Gasteiger partial charge in [0.2, 0.25) is 5.12 Å². The Bertz CT molecular complexity index is 410. The Kier molecular flexibility index (Phi) is 5.43. The van der Waals surface area contributed by atoms with E-state index < -0.39 is 0 Å². The third-order valence-electron chi connectivity index (χ3n) is 3.69. The zero-order valence-corrected chi connectivity index (χ0v) is 12.0. The van der Waals surface area contributed by atoms with Crippen molar-refractivity contribution < 1.29 is 9.90 Å². The lowest BCUT2D eigenvalue weighted by Crippen LogP contribution is -2.26. The predicted octanol–water partition coefficient (Wildman–Crippen LogP) is 2.31. The minimum atomic E-state index is -0.348. The van der Waals surface area contributed by atoms with E-state index in [0.717, 1.165) is 31.4 Å². The van der Waals surface area contributed by atoms with Crippen molar-refractivity contribution >= 4 is 16.9 Å². The molecule has 104 valence electrons. The molecule has 2 N–H and O–H groups in total. The van der Waals surface area contributed by atoms with Crippen LogP contribution in [0.15, 0.2) is 30.3 Å². The fraction of sp³-hybridized carbons (Fsp3) is 0.533. The molecule has 1 aliphatic carbocycles. The Labute approximate surface area is 118 Å². The molecule has 2 rings (SSSR count). The summed E-state index contributed by atoms with van der Waals surface area (Å²) in [6.45, 7) is 0.938. The normalized spacial score (nSPS) is 26.5. The standard InChI is InChI=1S/C15H21NO2S/c1-16-10-9-11-7-8-13(17)14(11)19-15(18)12-5-3-2-4-6-12/h2-6,11,13-14,16-17H,7-10H2,1H3/t11-,13-,14-/m1/s1. The van der Waals surface area contributed by atoms with Crippen molar-refractivity contribution in [2.75, 3.05) is 13.6 Å². The average molecular weight is 279 g/mol. The van der Waals surface area contributed by atoms with Crippen LogP contribution in [0.5, 0.6) is 0 Å². The number of hydrogen-bond acceptors (Lipinski definition) is 4. The number of aliphatic hydroxyl groups excluding tert-OH is 1. The molecule has 0 amide bonds. The Hall–Kier alpha value is -0.840. The molecule has 1 aromatic rings. The molecule has 1 fully saturated rings. The van der Waals surface area contributed by atoms with Gasteiger partial charge in [-0.3, -0.25) is 4.79 Å². The summed E-state index contributed by atoms with van der Waals surface area (Å²) in [6.07, 6.45) is 2.50. The van der Waals surface area contributed by atoms with Gasteiger partial charge in [0.15, 0.2) is 0 Å². The quantitative estimate of drug-likeness (QED) is 0.868. The highest BCUT2D eigenvalue weighted by Crippen LogP contribution is 2.38. The second kappa shape index (κ2) is 7.08. The van der Waals surface area contributed by atoms with Crippen LogP contribution in [0.4, 0.5) is 0 Å². The Morgan fingerprint density at radius 2 is 2.11 bits per heavy atom. The van der Waals surface area contributed by atoms with Crippen molar-refractivity contribution in [1.29, 1.82) is 0 Å². The number of hydrogen-bond donors (Lipinski definition) is 2. The topological polar surface area (TPSA) is 49.3 Å². The molecule has 0 saturated heterocycles. The lowest BCUT2D eigenvalue weighted by Gasteiger charge is -2.20. The predicted molar refractivity (Wildman–Crippen MR) is 79.4 cm³/mol. The van der Waals surface area contributed by atoms with E-state index in [2.05, 4.69) is 5.32 Å². The Morgan fingerprint density at radius 3 is 2.79 bits per heavy atom. The third-order valence-corrected chi connectivity index (χ3v) is 5.12. The average Bonchev–Trinajstić information content (AvgIpc) is 2.78. The summed E-state index contributed by atoms with van der Waals surface area (Å²) in [7, 11) is 1.93. The first-order valence-electron chi connectivity index (χ1n) is 6.81. The van der Waals surface area contributed by atoms with Gasteiger partial charge in [0.1, 0.15) is 0 Å². The van der Waals surface area contributed by atoms with Crippen molar-refractivity contribution in [3.8, 4) is 0 Å². The molecule has 0 heterocycles. The van der Waals surface area contributed by atoms with Crippen molar-refractivity contribution in [3.05, 3.63) is 35.9 Å². The fourth-order valence-corrected chi connectivity index (χ4v) is 3.88. The molecule has 19 heavy (non-hydrogen) atoms. The van der Waals surface area contributed by atoms with Gasteiger partial charge in [-0.1, -0.05) is 42.1 Å². The number of carbonyl (C=O) groups is 1. The molecule has 3 nitrogen and oxygen atoms in total. The van der Waals surface area contributed by atoms with Crippen LogP contribution in [0.3, 0.4) is 0 Å². The van der Waals surface area contributed by atoms with Crippen LogP contribution in [-0.4, -0.2) is 35.2 Å². The zero-order chi connectivity index (χ0) is 13.7. The van der Waals surface area contributed by atoms with E-state index in [1.807, 2.05) is 37.4 Å². The first-order valence-corrected chi connectivity index (χ1v) is 7.69. The van der Waals surface area contributed by atoms with Crippen LogP contribution >= 0.6 is 11.8 Å². The highest BCUT2D eigenvalue weighted by molar-refractivity contribution is 8.14. The Morgan fingerprint density at radius 1 is 1.37 bits per heavy atom. The summed E-state index contributed by atoms with van der Waals surface area (Å²) in [5.41, 5.74) is 0.721. The summed E-state index contributed by atoms with van der Waals surface area (Å²) in [5.74, 6) is 0.431. The maximum atomic E-state index is 12.2. The van der Waals surface area contributed by atoms with Gasteiger partial charge >= 0.3 is 0 Å². The molecule has 0 radical (unpaired) electrons. The van der Waals surface area contributed by atoms with Gasteiger partial charge in [-0.15, -0.1) is 0 Å². The lowest BCUT2D eigenvalue weighted by atomic mass is 10.0. The maximum Gasteiger partial charge on any atom is 0.219 e. The molecule has 1 saturated carbocycles. The number of carbonyl (C=O) groups excluding carboxylic acids is 1. The van der Waals surface area contributed by atoms with Crippen LogP contribution in [0.25, 0.3) is 0 Å². The van der Waals surface area contributed by atoms with Crippen LogP contribution in [-0.2, 0) is 0 Å². The SMILES string of the molecule is CNCC[C@H]1CC[C@@H](O)[C@@H]1SC(=O)c1ccccc1. The summed E-state index contributed by atoms with van der Waals surface area (Å²) < 4.78 is 0. The minimum Gasteiger partial charge on any atom is -0.392 e. The van der Waals surface area contributed by atoms with Gasteiger partial charge in [0.05, 0.1) is 6.10 Å². The van der Waals surface area contributed by atoms with E-state index in [9.17, 15) is 9.90 Å². The van der Waals surface area contributed by atoms with Gasteiger partial charge in [0.25, 0.3) is 0 Å². The van der Waals surface area contributed by atoms with Crippen molar-refractivity contribution in [2.45, 2.75) is 30.6 Å². The molecular formula is C15H21NO2S. The number of thioether (sulfide) groups is 1. The zero-order valence-electron chi connectivity index (χ0n) is 11.2. The number of benzene rings is 1. The first-order chi connectivity index (χ1) is 9.22. The monoisotopic (exact) mass is 279 g/mol. The second-order valence-electron chi connectivity index (χ2n) is 5.03. The van der Waals surface area contributed by atoms with E-state index >= 15 is 0 Å². The second-order valence-corrected chi connectivity index (χ2v) is 6.18. The molecule has 0 spiro atoms. The minimum absolute atomic E-state index is 0.0426. The number of rotatable bonds is 5. The van der Waals surface area contributed by atoms with Gasteiger partial charge < -0.3 is 10.4 Å². The van der Waals surface area contributed by atoms with E-state index in [1.165, 1.54) is 11.8 Å². The van der Waals surface area contributed by atoms with Gasteiger partial charge in [-0.2, -0.15) is 0 Å². The van der Waals surface area contributed by atoms with Crippen LogP contribution in [0.1, 0.15) is 29.6 Å². The van der Waals surface area contributed by atoms with Crippen LogP contribution < -0.4 is 5.32 Å². The van der Waals surface area contributed by atoms with Crippen LogP contribution in [0, 0.1) is 5.92 Å². The van der Waals surface area contributed by atoms with E-state index in [0.29, 0.717) is 5.92 Å². The summed E-state index contributed by atoms with van der Waals surface area (Å²) >= 11 is 1.31. The highest BCUT2D eigenvalue weighted by atomic mass is 32.2. The largest absolute Gasteiger partial charge is 0.392 e. The smallest absolute Gasteiger partial charge is 0.219 e. The molecule has 1 aliphatic rings. The lowest BCUT2D eigenvalue weighted by molar-refractivity contribution is 0.108. The molecule has 0 aromatic heterocycles. The third kappa shape index (κ3) is 3.81. The Balaban J connectivity index is 1.97. The van der Waals surface area contributed by atoms with Crippen LogP contribution in [0.2, 0.25) is 0 Å². The molecule has 1 aromatic carbocycles. The summed E-state index contributed by atoms with van der Waals surface area (Å²) in [4.78, 5) is 12.2. The molecule has 3 atom stereocenters. The first kappa shape index (κ1) is 14.6. The molecule has 4 heteroatoms. The van der Waals surface area contributed by atoms with E-state index in [1.54, 1.807) is 0 Å². The summed E-state index contributed by atoms with van der Waals surface area (Å²) in [5, 5.41) is 13.3. The highest BCUT2D eigenvalue weighted by Gasteiger charge is 2.36. The van der Waals surface area contributed by atoms with E-state index in [-0.39, 0.29) is 16.5 Å². The van der Waals surface area contributed by atoms with Gasteiger partial charge in [0, 0.05) is 10.8 Å². The summed E-state index contributed by atoms with van der Waals surface area (Å²) in [6, 6.07) is 9.31. The van der Waals surface area contributed by atoms with Crippen molar-refractivity contribution in [2.24, 2.45) is 5.92 Å². The molecule has 0 aliphatic heterocycles. The van der Waals surface area contributed by atoms with Crippen molar-refractivity contribution in [1.82, 2.24) is 5.32 Å². The maximum absolute atomic E-state index is 12.2. The van der Waals surface area contributed by atoms with Crippen molar-refractivity contribution in [3.63, 3.8) is 0 Å². The number of nitrogens with one attached hydrogen (secondary N) is 1. The molecular weight excluding hydrogens is 258 g/mol.